The third kappa shape index (κ3) is 3.05. The van der Waals surface area contributed by atoms with Gasteiger partial charge in [0, 0.05) is 24.2 Å². The number of carbonyl (C=O) groups excluding carboxylic acids is 2. The highest BCUT2D eigenvalue weighted by atomic mass is 16.1. The zero-order valence-corrected chi connectivity index (χ0v) is 17.2. The quantitative estimate of drug-likeness (QED) is 0.576. The van der Waals surface area contributed by atoms with Crippen molar-refractivity contribution in [2.24, 2.45) is 46.2 Å². The van der Waals surface area contributed by atoms with Gasteiger partial charge in [0.1, 0.15) is 11.6 Å². The van der Waals surface area contributed by atoms with Crippen LogP contribution < -0.4 is 5.73 Å². The molecule has 0 radical (unpaired) electrons. The second kappa shape index (κ2) is 7.13. The lowest BCUT2D eigenvalue weighted by Gasteiger charge is -2.59. The van der Waals surface area contributed by atoms with Gasteiger partial charge in [-0.15, -0.1) is 0 Å². The Morgan fingerprint density at radius 2 is 1.93 bits per heavy atom. The van der Waals surface area contributed by atoms with Crippen molar-refractivity contribution in [2.45, 2.75) is 78.1 Å². The number of fused-ring (bicyclic) bond motifs is 5. The van der Waals surface area contributed by atoms with Gasteiger partial charge in [-0.05, 0) is 87.0 Å². The van der Waals surface area contributed by atoms with Gasteiger partial charge in [0.25, 0.3) is 0 Å². The molecule has 0 aromatic rings. The van der Waals surface area contributed by atoms with Crippen LogP contribution in [0.25, 0.3) is 0 Å². The Balaban J connectivity index is 1.52. The molecular formula is C24H37NO2. The predicted molar refractivity (Wildman–Crippen MR) is 108 cm³/mol. The normalized spacial score (nSPS) is 47.0. The van der Waals surface area contributed by atoms with E-state index in [2.05, 4.69) is 26.0 Å². The van der Waals surface area contributed by atoms with Crippen molar-refractivity contribution >= 4 is 11.6 Å². The molecule has 4 rings (SSSR count). The number of hydrogen-bond donors (Lipinski definition) is 1. The minimum Gasteiger partial charge on any atom is -0.330 e. The number of unbranched alkanes of at least 4 members (excludes halogenated alkanes) is 1. The summed E-state index contributed by atoms with van der Waals surface area (Å²) in [7, 11) is 0. The van der Waals surface area contributed by atoms with E-state index in [9.17, 15) is 9.59 Å². The average molecular weight is 372 g/mol. The summed E-state index contributed by atoms with van der Waals surface area (Å²) >= 11 is 0. The zero-order valence-electron chi connectivity index (χ0n) is 17.2. The van der Waals surface area contributed by atoms with Gasteiger partial charge >= 0.3 is 0 Å². The molecule has 2 N–H and O–H groups in total. The Hall–Kier alpha value is -0.960. The van der Waals surface area contributed by atoms with Crippen LogP contribution in [-0.2, 0) is 9.59 Å². The summed E-state index contributed by atoms with van der Waals surface area (Å²) in [5.41, 5.74) is 5.62. The molecule has 27 heavy (non-hydrogen) atoms. The number of carbonyl (C=O) groups is 2. The summed E-state index contributed by atoms with van der Waals surface area (Å²) in [5.74, 6) is 3.33. The number of nitrogens with two attached hydrogens (primary N) is 1. The molecule has 0 heterocycles. The van der Waals surface area contributed by atoms with Crippen LogP contribution in [0.2, 0.25) is 0 Å². The van der Waals surface area contributed by atoms with Gasteiger partial charge in [-0.25, -0.2) is 0 Å². The van der Waals surface area contributed by atoms with Crippen molar-refractivity contribution < 1.29 is 9.59 Å². The molecule has 150 valence electrons. The molecule has 4 aliphatic rings. The van der Waals surface area contributed by atoms with Gasteiger partial charge in [-0.3, -0.25) is 9.59 Å². The van der Waals surface area contributed by atoms with Crippen LogP contribution in [0.15, 0.2) is 12.2 Å². The number of ketones is 2. The van der Waals surface area contributed by atoms with Crippen molar-refractivity contribution in [3.63, 3.8) is 0 Å². The van der Waals surface area contributed by atoms with Crippen LogP contribution in [-0.4, -0.2) is 18.1 Å². The molecule has 4 fully saturated rings. The summed E-state index contributed by atoms with van der Waals surface area (Å²) in [6.45, 7) is 5.37. The van der Waals surface area contributed by atoms with E-state index in [1.807, 2.05) is 0 Å². The second-order valence-electron chi connectivity index (χ2n) is 10.4. The first-order chi connectivity index (χ1) is 12.9. The molecule has 0 aromatic heterocycles. The maximum Gasteiger partial charge on any atom is 0.139 e. The summed E-state index contributed by atoms with van der Waals surface area (Å²) in [6.07, 6.45) is 14.9. The Labute approximate surface area is 164 Å². The van der Waals surface area contributed by atoms with E-state index in [4.69, 9.17) is 5.73 Å². The first-order valence-electron chi connectivity index (χ1n) is 11.3. The fourth-order valence-electron chi connectivity index (χ4n) is 7.54. The van der Waals surface area contributed by atoms with Crippen molar-refractivity contribution in [3.8, 4) is 0 Å². The highest BCUT2D eigenvalue weighted by Crippen LogP contribution is 2.65. The van der Waals surface area contributed by atoms with Crippen LogP contribution in [0.4, 0.5) is 0 Å². The van der Waals surface area contributed by atoms with Gasteiger partial charge in [-0.2, -0.15) is 0 Å². The Morgan fingerprint density at radius 1 is 1.11 bits per heavy atom. The molecule has 4 saturated carbocycles. The van der Waals surface area contributed by atoms with Gasteiger partial charge in [0.2, 0.25) is 0 Å². The molecule has 0 aromatic carbocycles. The second-order valence-corrected chi connectivity index (χ2v) is 10.4. The average Bonchev–Trinajstić information content (AvgIpc) is 2.95. The number of rotatable bonds is 4. The number of allylic oxidation sites excluding steroid dienone is 2. The summed E-state index contributed by atoms with van der Waals surface area (Å²) in [5, 5.41) is 0. The topological polar surface area (TPSA) is 60.2 Å². The predicted octanol–water partition coefficient (Wildman–Crippen LogP) is 4.69. The maximum atomic E-state index is 13.3. The van der Waals surface area contributed by atoms with E-state index >= 15 is 0 Å². The maximum absolute atomic E-state index is 13.3. The fourth-order valence-corrected chi connectivity index (χ4v) is 7.54. The Morgan fingerprint density at radius 3 is 2.70 bits per heavy atom. The summed E-state index contributed by atoms with van der Waals surface area (Å²) in [6, 6.07) is 0. The minimum absolute atomic E-state index is 0.131. The lowest BCUT2D eigenvalue weighted by molar-refractivity contribution is -0.157. The first kappa shape index (κ1) is 19.4. The van der Waals surface area contributed by atoms with Crippen molar-refractivity contribution in [1.82, 2.24) is 0 Å². The highest BCUT2D eigenvalue weighted by Gasteiger charge is 2.62. The van der Waals surface area contributed by atoms with Crippen molar-refractivity contribution in [1.29, 1.82) is 0 Å². The van der Waals surface area contributed by atoms with Gasteiger partial charge in [-0.1, -0.05) is 26.0 Å². The molecule has 3 heteroatoms. The lowest BCUT2D eigenvalue weighted by Crippen LogP contribution is -2.56. The van der Waals surface area contributed by atoms with Crippen LogP contribution in [0.5, 0.6) is 0 Å². The van der Waals surface area contributed by atoms with Crippen molar-refractivity contribution in [3.05, 3.63) is 12.2 Å². The number of hydrogen-bond acceptors (Lipinski definition) is 3. The molecule has 7 atom stereocenters. The van der Waals surface area contributed by atoms with Gasteiger partial charge in [0.05, 0.1) is 0 Å². The fraction of sp³-hybridized carbons (Fsp3) is 0.833. The molecule has 0 amide bonds. The third-order valence-corrected chi connectivity index (χ3v) is 9.19. The molecule has 0 bridgehead atoms. The van der Waals surface area contributed by atoms with Crippen LogP contribution in [0.1, 0.15) is 78.1 Å². The van der Waals surface area contributed by atoms with E-state index < -0.39 is 0 Å². The molecule has 4 aliphatic carbocycles. The van der Waals surface area contributed by atoms with E-state index in [1.165, 1.54) is 12.8 Å². The number of Topliss-reactive ketones (excluding diaryl/α,β-unsaturated/α-hetero) is 2. The van der Waals surface area contributed by atoms with E-state index in [-0.39, 0.29) is 16.7 Å². The Kier molecular flexibility index (Phi) is 5.12. The molecule has 0 saturated heterocycles. The van der Waals surface area contributed by atoms with Crippen molar-refractivity contribution in [2.75, 3.05) is 6.54 Å². The van der Waals surface area contributed by atoms with Gasteiger partial charge < -0.3 is 5.73 Å². The van der Waals surface area contributed by atoms with Gasteiger partial charge in [0.15, 0.2) is 0 Å². The van der Waals surface area contributed by atoms with E-state index in [0.29, 0.717) is 35.2 Å². The standard InChI is InChI=1S/C24H37NO2/c1-23-11-9-16(6-4-3-5-13-25)14-20(23)21(26)15-17-18-7-8-22(27)24(18,2)12-10-19(17)23/h4,6,16-20H,3,5,7-15,25H2,1-2H3/b6-4-/t16-,17+,18+,19+,20?,23-,24+/m1/s1. The highest BCUT2D eigenvalue weighted by molar-refractivity contribution is 5.88. The SMILES string of the molecule is C[C@]12CC[C@@H](/C=C\CCCN)CC1C(=O)C[C@@H]1[C@@H]2CC[C@]2(C)C(=O)CC[C@@H]12. The molecular weight excluding hydrogens is 334 g/mol. The molecule has 0 spiro atoms. The summed E-state index contributed by atoms with van der Waals surface area (Å²) < 4.78 is 0. The van der Waals surface area contributed by atoms with Crippen LogP contribution in [0.3, 0.4) is 0 Å². The summed E-state index contributed by atoms with van der Waals surface area (Å²) in [4.78, 5) is 25.8. The van der Waals surface area contributed by atoms with E-state index in [1.54, 1.807) is 0 Å². The molecule has 1 unspecified atom stereocenters. The smallest absolute Gasteiger partial charge is 0.139 e. The lowest BCUT2D eigenvalue weighted by atomic mass is 9.44. The largest absolute Gasteiger partial charge is 0.330 e. The molecule has 0 aliphatic heterocycles. The van der Waals surface area contributed by atoms with E-state index in [0.717, 1.165) is 57.9 Å². The minimum atomic E-state index is -0.131. The van der Waals surface area contributed by atoms with Crippen LogP contribution >= 0.6 is 0 Å². The zero-order chi connectivity index (χ0) is 19.2. The molecule has 3 nitrogen and oxygen atoms in total. The monoisotopic (exact) mass is 371 g/mol. The van der Waals surface area contributed by atoms with Crippen LogP contribution in [0, 0.1) is 40.4 Å². The Bertz CT molecular complexity index is 640. The third-order valence-electron chi connectivity index (χ3n) is 9.19. The first-order valence-corrected chi connectivity index (χ1v) is 11.3.